The van der Waals surface area contributed by atoms with Crippen molar-refractivity contribution in [3.8, 4) is 22.5 Å². The van der Waals surface area contributed by atoms with Gasteiger partial charge in [-0.2, -0.15) is 0 Å². The molecule has 2 aromatic heterocycles. The highest BCUT2D eigenvalue weighted by Crippen LogP contribution is 2.35. The minimum atomic E-state index is 0.299. The van der Waals surface area contributed by atoms with Crippen molar-refractivity contribution in [2.75, 3.05) is 13.1 Å². The average Bonchev–Trinajstić information content (AvgIpc) is 3.30. The molecule has 1 saturated heterocycles. The Hall–Kier alpha value is -3.86. The molecule has 180 valence electrons. The van der Waals surface area contributed by atoms with Gasteiger partial charge in [-0.25, -0.2) is 4.98 Å². The molecule has 5 nitrogen and oxygen atoms in total. The summed E-state index contributed by atoms with van der Waals surface area (Å²) in [7, 11) is 0. The van der Waals surface area contributed by atoms with E-state index in [2.05, 4.69) is 88.1 Å². The highest BCUT2D eigenvalue weighted by Gasteiger charge is 2.36. The predicted octanol–water partition coefficient (Wildman–Crippen LogP) is 6.42. The van der Waals surface area contributed by atoms with Crippen LogP contribution >= 0.6 is 0 Å². The van der Waals surface area contributed by atoms with E-state index in [4.69, 9.17) is 4.98 Å². The second-order valence-electron chi connectivity index (χ2n) is 10.6. The molecule has 0 radical (unpaired) electrons. The zero-order chi connectivity index (χ0) is 24.2. The number of rotatable bonds is 5. The third-order valence-electron chi connectivity index (χ3n) is 7.98. The summed E-state index contributed by atoms with van der Waals surface area (Å²) in [4.78, 5) is 23.1. The van der Waals surface area contributed by atoms with E-state index in [-0.39, 0.29) is 0 Å². The number of aryl methyl sites for hydroxylation is 1. The molecule has 2 fully saturated rings. The summed E-state index contributed by atoms with van der Waals surface area (Å²) in [6.45, 7) is 4.77. The monoisotopic (exact) mass is 474 g/mol. The molecule has 1 aliphatic heterocycles. The van der Waals surface area contributed by atoms with Crippen LogP contribution in [0.15, 0.2) is 72.9 Å². The number of carbonyl (C=O) groups excluding carboxylic acids is 1. The molecule has 36 heavy (non-hydrogen) atoms. The molecule has 1 N–H and O–H groups in total. The predicted molar refractivity (Wildman–Crippen MR) is 145 cm³/mol. The van der Waals surface area contributed by atoms with Gasteiger partial charge in [-0.3, -0.25) is 4.79 Å². The first-order chi connectivity index (χ1) is 17.6. The number of carbonyl (C=O) groups is 1. The second-order valence-corrected chi connectivity index (χ2v) is 10.6. The Bertz CT molecular complexity index is 1590. The van der Waals surface area contributed by atoms with Crippen LogP contribution in [0, 0.1) is 18.8 Å². The van der Waals surface area contributed by atoms with Gasteiger partial charge in [0.1, 0.15) is 5.82 Å². The number of fused-ring (bicyclic) bond motifs is 2. The number of nitrogens with one attached hydrogen (secondary N) is 1. The van der Waals surface area contributed by atoms with Crippen LogP contribution in [0.2, 0.25) is 0 Å². The van der Waals surface area contributed by atoms with Gasteiger partial charge in [0.15, 0.2) is 0 Å². The fourth-order valence-electron chi connectivity index (χ4n) is 5.77. The number of hydrogen-bond donors (Lipinski definition) is 1. The lowest BCUT2D eigenvalue weighted by Crippen LogP contribution is -2.30. The smallest absolute Gasteiger partial charge is 0.225 e. The highest BCUT2D eigenvalue weighted by atomic mass is 16.2. The van der Waals surface area contributed by atoms with E-state index in [1.165, 1.54) is 27.6 Å². The molecule has 1 aliphatic carbocycles. The molecule has 0 bridgehead atoms. The normalized spacial score (nSPS) is 17.9. The Balaban J connectivity index is 1.22. The molecular weight excluding hydrogens is 444 g/mol. The highest BCUT2D eigenvalue weighted by molar-refractivity contribution is 5.86. The van der Waals surface area contributed by atoms with E-state index < -0.39 is 0 Å². The average molecular weight is 475 g/mol. The van der Waals surface area contributed by atoms with Crippen LogP contribution in [0.1, 0.15) is 24.8 Å². The topological polar surface area (TPSA) is 53.9 Å². The summed E-state index contributed by atoms with van der Waals surface area (Å²) in [5, 5.41) is 1.22. The van der Waals surface area contributed by atoms with E-state index in [0.29, 0.717) is 17.7 Å². The van der Waals surface area contributed by atoms with Gasteiger partial charge in [0.2, 0.25) is 5.91 Å². The van der Waals surface area contributed by atoms with Crippen LogP contribution in [0.25, 0.3) is 44.5 Å². The Labute approximate surface area is 210 Å². The molecule has 1 saturated carbocycles. The van der Waals surface area contributed by atoms with Gasteiger partial charge in [-0.1, -0.05) is 42.5 Å². The lowest BCUT2D eigenvalue weighted by molar-refractivity contribution is -0.131. The van der Waals surface area contributed by atoms with Crippen molar-refractivity contribution in [1.29, 1.82) is 0 Å². The Morgan fingerprint density at radius 2 is 1.78 bits per heavy atom. The quantitative estimate of drug-likeness (QED) is 0.320. The minimum Gasteiger partial charge on any atom is -0.361 e. The summed E-state index contributed by atoms with van der Waals surface area (Å²) in [6.07, 6.45) is 5.19. The Morgan fingerprint density at radius 1 is 0.972 bits per heavy atom. The summed E-state index contributed by atoms with van der Waals surface area (Å²) >= 11 is 0. The van der Waals surface area contributed by atoms with Crippen LogP contribution in [0.5, 0.6) is 0 Å². The fourth-order valence-corrected chi connectivity index (χ4v) is 5.77. The maximum Gasteiger partial charge on any atom is 0.225 e. The number of nitrogens with zero attached hydrogens (tertiary/aromatic N) is 3. The third kappa shape index (κ3) is 3.70. The van der Waals surface area contributed by atoms with Crippen molar-refractivity contribution in [3.63, 3.8) is 0 Å². The fraction of sp³-hybridized carbons (Fsp3) is 0.290. The number of likely N-dealkylation sites (tertiary alicyclic amines) is 1. The number of aromatic nitrogens is 3. The molecule has 1 amide bonds. The molecule has 3 aromatic carbocycles. The molecule has 5 aromatic rings. The SMILES string of the molecule is Cc1cccc2c1nc(-c1ccc(-c3ccc4[nH]ccc4c3)cc1)n2C[C@@H]1CCN(C(=O)C2CC2)C1. The molecule has 7 rings (SSSR count). The Kier molecular flexibility index (Phi) is 4.98. The van der Waals surface area contributed by atoms with Crippen molar-refractivity contribution in [2.24, 2.45) is 11.8 Å². The van der Waals surface area contributed by atoms with Crippen LogP contribution in [-0.2, 0) is 11.3 Å². The number of H-pyrrole nitrogens is 1. The molecule has 2 aliphatic rings. The van der Waals surface area contributed by atoms with Crippen molar-refractivity contribution >= 4 is 27.8 Å². The summed E-state index contributed by atoms with van der Waals surface area (Å²) in [6, 6.07) is 23.9. The van der Waals surface area contributed by atoms with E-state index in [1.807, 2.05) is 6.20 Å². The molecule has 3 heterocycles. The van der Waals surface area contributed by atoms with E-state index in [1.54, 1.807) is 0 Å². The van der Waals surface area contributed by atoms with Crippen LogP contribution in [0.4, 0.5) is 0 Å². The summed E-state index contributed by atoms with van der Waals surface area (Å²) in [5.74, 6) is 2.14. The van der Waals surface area contributed by atoms with Crippen LogP contribution < -0.4 is 0 Å². The molecular formula is C31H30N4O. The first-order valence-electron chi connectivity index (χ1n) is 13.1. The lowest BCUT2D eigenvalue weighted by Gasteiger charge is -2.18. The van der Waals surface area contributed by atoms with Gasteiger partial charge in [-0.15, -0.1) is 0 Å². The van der Waals surface area contributed by atoms with Crippen LogP contribution in [0.3, 0.4) is 0 Å². The zero-order valence-corrected chi connectivity index (χ0v) is 20.6. The zero-order valence-electron chi connectivity index (χ0n) is 20.6. The molecule has 1 atom stereocenters. The van der Waals surface area contributed by atoms with Gasteiger partial charge < -0.3 is 14.5 Å². The summed E-state index contributed by atoms with van der Waals surface area (Å²) < 4.78 is 2.39. The minimum absolute atomic E-state index is 0.299. The van der Waals surface area contributed by atoms with Gasteiger partial charge >= 0.3 is 0 Å². The molecule has 0 unspecified atom stereocenters. The van der Waals surface area contributed by atoms with Gasteiger partial charge in [-0.05, 0) is 78.4 Å². The number of imidazole rings is 1. The van der Waals surface area contributed by atoms with Crippen molar-refractivity contribution < 1.29 is 4.79 Å². The maximum atomic E-state index is 12.6. The van der Waals surface area contributed by atoms with Crippen molar-refractivity contribution in [2.45, 2.75) is 32.7 Å². The number of hydrogen-bond acceptors (Lipinski definition) is 2. The second kappa shape index (κ2) is 8.37. The standard InChI is InChI=1S/C31H30N4O/c1-20-3-2-4-28-29(20)33-30(35(28)19-21-14-16-34(18-21)31(36)24-9-10-24)23-7-5-22(6-8-23)25-11-12-27-26(17-25)13-15-32-27/h2-8,11-13,15,17,21,24,32H,9-10,14,16,18-19H2,1H3/t21-/m1/s1. The van der Waals surface area contributed by atoms with E-state index in [0.717, 1.165) is 61.3 Å². The van der Waals surface area contributed by atoms with Gasteiger partial charge in [0.05, 0.1) is 11.0 Å². The van der Waals surface area contributed by atoms with Crippen LogP contribution in [-0.4, -0.2) is 38.4 Å². The van der Waals surface area contributed by atoms with E-state index >= 15 is 0 Å². The van der Waals surface area contributed by atoms with Crippen molar-refractivity contribution in [1.82, 2.24) is 19.4 Å². The molecule has 0 spiro atoms. The van der Waals surface area contributed by atoms with Gasteiger partial charge in [0.25, 0.3) is 0 Å². The summed E-state index contributed by atoms with van der Waals surface area (Å²) in [5.41, 5.74) is 8.14. The first-order valence-corrected chi connectivity index (χ1v) is 13.1. The van der Waals surface area contributed by atoms with E-state index in [9.17, 15) is 4.79 Å². The largest absolute Gasteiger partial charge is 0.361 e. The van der Waals surface area contributed by atoms with Gasteiger partial charge in [0, 0.05) is 42.8 Å². The number of para-hydroxylation sites is 1. The third-order valence-corrected chi connectivity index (χ3v) is 7.98. The van der Waals surface area contributed by atoms with Crippen molar-refractivity contribution in [3.05, 3.63) is 78.5 Å². The Morgan fingerprint density at radius 3 is 2.61 bits per heavy atom. The molecule has 5 heteroatoms. The number of amides is 1. The lowest BCUT2D eigenvalue weighted by atomic mass is 10.0. The first kappa shape index (κ1) is 21.4. The maximum absolute atomic E-state index is 12.6. The number of benzene rings is 3. The number of aromatic amines is 1.